The Hall–Kier alpha value is -1.23. The molecule has 0 bridgehead atoms. The van der Waals surface area contributed by atoms with Crippen LogP contribution in [0.1, 0.15) is 19.8 Å². The van der Waals surface area contributed by atoms with Crippen LogP contribution in [0.4, 0.5) is 18.9 Å². The summed E-state index contributed by atoms with van der Waals surface area (Å²) in [7, 11) is 0. The molecule has 1 aliphatic heterocycles. The molecular formula is C12H15F3N2. The quantitative estimate of drug-likeness (QED) is 0.769. The monoisotopic (exact) mass is 244 g/mol. The molecule has 0 aromatic heterocycles. The van der Waals surface area contributed by atoms with E-state index in [1.807, 2.05) is 6.92 Å². The summed E-state index contributed by atoms with van der Waals surface area (Å²) in [6, 6.07) is 1.62. The zero-order valence-electron chi connectivity index (χ0n) is 9.59. The smallest absolute Gasteiger partial charge is 0.161 e. The van der Waals surface area contributed by atoms with Gasteiger partial charge in [-0.25, -0.2) is 13.2 Å². The first-order valence-electron chi connectivity index (χ1n) is 5.66. The normalized spacial score (nSPS) is 25.1. The highest BCUT2D eigenvalue weighted by Gasteiger charge is 2.26. The molecule has 2 nitrogen and oxygen atoms in total. The van der Waals surface area contributed by atoms with Crippen molar-refractivity contribution < 1.29 is 13.2 Å². The van der Waals surface area contributed by atoms with Crippen LogP contribution in [0.25, 0.3) is 0 Å². The van der Waals surface area contributed by atoms with E-state index in [2.05, 4.69) is 0 Å². The fourth-order valence-corrected chi connectivity index (χ4v) is 2.30. The van der Waals surface area contributed by atoms with Crippen molar-refractivity contribution in [2.75, 3.05) is 11.4 Å². The van der Waals surface area contributed by atoms with E-state index in [1.165, 1.54) is 0 Å². The molecular weight excluding hydrogens is 229 g/mol. The Balaban J connectivity index is 2.31. The lowest BCUT2D eigenvalue weighted by molar-refractivity contribution is 0.421. The lowest BCUT2D eigenvalue weighted by Crippen LogP contribution is -2.46. The number of halogens is 3. The maximum atomic E-state index is 13.6. The number of piperidine rings is 1. The second kappa shape index (κ2) is 4.56. The van der Waals surface area contributed by atoms with E-state index in [-0.39, 0.29) is 17.8 Å². The van der Waals surface area contributed by atoms with E-state index in [0.717, 1.165) is 18.9 Å². The van der Waals surface area contributed by atoms with E-state index in [1.54, 1.807) is 4.90 Å². The van der Waals surface area contributed by atoms with Crippen LogP contribution in [0.15, 0.2) is 12.1 Å². The predicted molar refractivity (Wildman–Crippen MR) is 60.3 cm³/mol. The largest absolute Gasteiger partial charge is 0.366 e. The fourth-order valence-electron chi connectivity index (χ4n) is 2.30. The van der Waals surface area contributed by atoms with Gasteiger partial charge in [-0.05, 0) is 19.8 Å². The lowest BCUT2D eigenvalue weighted by Gasteiger charge is -2.38. The third kappa shape index (κ3) is 2.39. The Kier molecular flexibility index (Phi) is 3.28. The van der Waals surface area contributed by atoms with Crippen molar-refractivity contribution >= 4 is 5.69 Å². The maximum absolute atomic E-state index is 13.6. The minimum absolute atomic E-state index is 0.0260. The average Bonchev–Trinajstić information content (AvgIpc) is 2.24. The van der Waals surface area contributed by atoms with Gasteiger partial charge in [-0.3, -0.25) is 0 Å². The van der Waals surface area contributed by atoms with Gasteiger partial charge in [0.05, 0.1) is 5.69 Å². The van der Waals surface area contributed by atoms with Crippen LogP contribution < -0.4 is 10.6 Å². The molecule has 1 aromatic carbocycles. The van der Waals surface area contributed by atoms with Crippen molar-refractivity contribution in [2.24, 2.45) is 5.73 Å². The van der Waals surface area contributed by atoms with Gasteiger partial charge in [0.15, 0.2) is 11.6 Å². The van der Waals surface area contributed by atoms with Crippen molar-refractivity contribution in [3.05, 3.63) is 29.6 Å². The Bertz CT molecular complexity index is 422. The van der Waals surface area contributed by atoms with Crippen molar-refractivity contribution in [1.29, 1.82) is 0 Å². The summed E-state index contributed by atoms with van der Waals surface area (Å²) in [5.74, 6) is -2.91. The van der Waals surface area contributed by atoms with Gasteiger partial charge in [0.1, 0.15) is 5.82 Å². The molecule has 1 saturated heterocycles. The zero-order chi connectivity index (χ0) is 12.6. The first-order chi connectivity index (χ1) is 7.99. The second-order valence-corrected chi connectivity index (χ2v) is 4.54. The standard InChI is InChI=1S/C12H15F3N2/c1-7-4-8(16)2-3-17(7)12-6-10(14)9(13)5-11(12)15/h5-8H,2-4,16H2,1H3. The minimum atomic E-state index is -1.16. The van der Waals surface area contributed by atoms with Crippen molar-refractivity contribution in [2.45, 2.75) is 31.8 Å². The van der Waals surface area contributed by atoms with E-state index in [4.69, 9.17) is 5.73 Å². The maximum Gasteiger partial charge on any atom is 0.161 e. The van der Waals surface area contributed by atoms with E-state index < -0.39 is 17.5 Å². The van der Waals surface area contributed by atoms with Crippen LogP contribution in [-0.2, 0) is 0 Å². The molecule has 2 atom stereocenters. The van der Waals surface area contributed by atoms with Crippen LogP contribution in [-0.4, -0.2) is 18.6 Å². The van der Waals surface area contributed by atoms with Gasteiger partial charge in [0.2, 0.25) is 0 Å². The van der Waals surface area contributed by atoms with Gasteiger partial charge in [0, 0.05) is 30.8 Å². The van der Waals surface area contributed by atoms with Gasteiger partial charge in [-0.2, -0.15) is 0 Å². The molecule has 0 spiro atoms. The highest BCUT2D eigenvalue weighted by atomic mass is 19.2. The highest BCUT2D eigenvalue weighted by Crippen LogP contribution is 2.28. The van der Waals surface area contributed by atoms with E-state index in [9.17, 15) is 13.2 Å². The Labute approximate surface area is 98.2 Å². The van der Waals surface area contributed by atoms with E-state index in [0.29, 0.717) is 12.6 Å². The van der Waals surface area contributed by atoms with E-state index >= 15 is 0 Å². The van der Waals surface area contributed by atoms with Crippen LogP contribution in [0.5, 0.6) is 0 Å². The molecule has 1 fully saturated rings. The number of nitrogens with two attached hydrogens (primary N) is 1. The SMILES string of the molecule is CC1CC(N)CCN1c1cc(F)c(F)cc1F. The third-order valence-corrected chi connectivity index (χ3v) is 3.22. The first-order valence-corrected chi connectivity index (χ1v) is 5.66. The van der Waals surface area contributed by atoms with Crippen LogP contribution in [0, 0.1) is 17.5 Å². The first kappa shape index (κ1) is 12.2. The fraction of sp³-hybridized carbons (Fsp3) is 0.500. The molecule has 1 heterocycles. The second-order valence-electron chi connectivity index (χ2n) is 4.54. The highest BCUT2D eigenvalue weighted by molar-refractivity contribution is 5.49. The Morgan fingerprint density at radius 1 is 1.18 bits per heavy atom. The van der Waals surface area contributed by atoms with Crippen molar-refractivity contribution in [3.63, 3.8) is 0 Å². The molecule has 2 unspecified atom stereocenters. The van der Waals surface area contributed by atoms with Gasteiger partial charge < -0.3 is 10.6 Å². The molecule has 94 valence electrons. The molecule has 0 aliphatic carbocycles. The summed E-state index contributed by atoms with van der Waals surface area (Å²) < 4.78 is 39.6. The van der Waals surface area contributed by atoms with Crippen LogP contribution in [0.2, 0.25) is 0 Å². The summed E-state index contributed by atoms with van der Waals surface area (Å²) in [5, 5.41) is 0. The lowest BCUT2D eigenvalue weighted by atomic mass is 9.98. The molecule has 0 saturated carbocycles. The van der Waals surface area contributed by atoms with Crippen molar-refractivity contribution in [3.8, 4) is 0 Å². The average molecular weight is 244 g/mol. The summed E-state index contributed by atoms with van der Waals surface area (Å²) in [4.78, 5) is 1.74. The van der Waals surface area contributed by atoms with Crippen LogP contribution >= 0.6 is 0 Å². The number of nitrogens with zero attached hydrogens (tertiary/aromatic N) is 1. The number of rotatable bonds is 1. The third-order valence-electron chi connectivity index (χ3n) is 3.22. The zero-order valence-corrected chi connectivity index (χ0v) is 9.59. The number of hydrogen-bond donors (Lipinski definition) is 1. The molecule has 2 rings (SSSR count). The van der Waals surface area contributed by atoms with Gasteiger partial charge in [-0.15, -0.1) is 0 Å². The molecule has 5 heteroatoms. The Morgan fingerprint density at radius 2 is 1.82 bits per heavy atom. The summed E-state index contributed by atoms with van der Waals surface area (Å²) in [5.41, 5.74) is 5.92. The van der Waals surface area contributed by atoms with Gasteiger partial charge in [-0.1, -0.05) is 0 Å². The van der Waals surface area contributed by atoms with Gasteiger partial charge >= 0.3 is 0 Å². The molecule has 0 radical (unpaired) electrons. The van der Waals surface area contributed by atoms with Crippen LogP contribution in [0.3, 0.4) is 0 Å². The van der Waals surface area contributed by atoms with Crippen molar-refractivity contribution in [1.82, 2.24) is 0 Å². The summed E-state index contributed by atoms with van der Waals surface area (Å²) >= 11 is 0. The summed E-state index contributed by atoms with van der Waals surface area (Å²) in [6.07, 6.45) is 1.45. The molecule has 0 amide bonds. The number of anilines is 1. The minimum Gasteiger partial charge on any atom is -0.366 e. The molecule has 1 aliphatic rings. The molecule has 17 heavy (non-hydrogen) atoms. The Morgan fingerprint density at radius 3 is 2.47 bits per heavy atom. The predicted octanol–water partition coefficient (Wildman–Crippen LogP) is 2.42. The van der Waals surface area contributed by atoms with Gasteiger partial charge in [0.25, 0.3) is 0 Å². The molecule has 2 N–H and O–H groups in total. The summed E-state index contributed by atoms with van der Waals surface area (Å²) in [6.45, 7) is 2.46. The topological polar surface area (TPSA) is 29.3 Å². The molecule has 1 aromatic rings. The number of benzene rings is 1. The number of hydrogen-bond acceptors (Lipinski definition) is 2.